The van der Waals surface area contributed by atoms with Crippen LogP contribution in [0, 0.1) is 6.92 Å². The molecule has 1 N–H and O–H groups in total. The second kappa shape index (κ2) is 10.3. The Morgan fingerprint density at radius 1 is 1.03 bits per heavy atom. The first-order chi connectivity index (χ1) is 17.9. The number of nitrogens with zero attached hydrogens (tertiary/aromatic N) is 2. The summed E-state index contributed by atoms with van der Waals surface area (Å²) in [5, 5.41) is 9.33. The van der Waals surface area contributed by atoms with Crippen molar-refractivity contribution >= 4 is 17.2 Å². The van der Waals surface area contributed by atoms with E-state index in [0.29, 0.717) is 5.69 Å². The average Bonchev–Trinajstić information content (AvgIpc) is 3.09. The zero-order valence-electron chi connectivity index (χ0n) is 23.1. The van der Waals surface area contributed by atoms with Gasteiger partial charge in [-0.25, -0.2) is 4.79 Å². The maximum atomic E-state index is 11.4. The molecule has 0 saturated carbocycles. The molecule has 2 heterocycles. The Morgan fingerprint density at radius 3 is 2.34 bits per heavy atom. The lowest BCUT2D eigenvalue weighted by Crippen LogP contribution is -2.22. The lowest BCUT2D eigenvalue weighted by Gasteiger charge is -2.28. The first kappa shape index (κ1) is 26.9. The van der Waals surface area contributed by atoms with Crippen LogP contribution in [0.25, 0.3) is 5.57 Å². The number of carbonyl (C=O) groups is 1. The van der Waals surface area contributed by atoms with E-state index in [1.807, 2.05) is 18.2 Å². The Morgan fingerprint density at radius 2 is 1.71 bits per heavy atom. The SMILES string of the molecule is C=C(/C=C/C(=C/C=C1/N(C)c2ccccc2C1(C)C)c1ccc(C(=O)O)cn1)C(C)(C)c1ccccc1C. The molecule has 0 amide bonds. The van der Waals surface area contributed by atoms with Crippen LogP contribution in [-0.2, 0) is 10.8 Å². The van der Waals surface area contributed by atoms with Crippen molar-refractivity contribution in [2.45, 2.75) is 45.4 Å². The first-order valence-electron chi connectivity index (χ1n) is 12.8. The van der Waals surface area contributed by atoms with Gasteiger partial charge >= 0.3 is 5.97 Å². The van der Waals surface area contributed by atoms with Crippen molar-refractivity contribution < 1.29 is 9.90 Å². The summed E-state index contributed by atoms with van der Waals surface area (Å²) in [5.41, 5.74) is 8.40. The van der Waals surface area contributed by atoms with Crippen molar-refractivity contribution in [3.63, 3.8) is 0 Å². The molecule has 0 atom stereocenters. The van der Waals surface area contributed by atoms with E-state index < -0.39 is 5.97 Å². The van der Waals surface area contributed by atoms with Gasteiger partial charge in [-0.1, -0.05) is 95.0 Å². The Balaban J connectivity index is 1.75. The van der Waals surface area contributed by atoms with E-state index in [1.54, 1.807) is 12.1 Å². The fourth-order valence-corrected chi connectivity index (χ4v) is 5.23. The van der Waals surface area contributed by atoms with Crippen LogP contribution in [0.4, 0.5) is 5.69 Å². The fourth-order valence-electron chi connectivity index (χ4n) is 5.23. The maximum Gasteiger partial charge on any atom is 0.337 e. The number of para-hydroxylation sites is 1. The van der Waals surface area contributed by atoms with E-state index in [4.69, 9.17) is 0 Å². The third-order valence-electron chi connectivity index (χ3n) is 7.75. The van der Waals surface area contributed by atoms with Crippen molar-refractivity contribution in [3.05, 3.63) is 137 Å². The molecule has 194 valence electrons. The molecule has 3 aromatic rings. The number of allylic oxidation sites excluding steroid dienone is 7. The summed E-state index contributed by atoms with van der Waals surface area (Å²) >= 11 is 0. The van der Waals surface area contributed by atoms with E-state index in [1.165, 1.54) is 34.3 Å². The number of hydrogen-bond acceptors (Lipinski definition) is 3. The monoisotopic (exact) mass is 504 g/mol. The van der Waals surface area contributed by atoms with Gasteiger partial charge in [-0.05, 0) is 53.5 Å². The summed E-state index contributed by atoms with van der Waals surface area (Å²) in [7, 11) is 2.09. The van der Waals surface area contributed by atoms with Crippen molar-refractivity contribution in [2.75, 3.05) is 11.9 Å². The van der Waals surface area contributed by atoms with E-state index in [-0.39, 0.29) is 16.4 Å². The number of benzene rings is 2. The molecular formula is C34H36N2O2. The number of hydrogen-bond donors (Lipinski definition) is 1. The van der Waals surface area contributed by atoms with Crippen LogP contribution >= 0.6 is 0 Å². The molecule has 0 spiro atoms. The van der Waals surface area contributed by atoms with E-state index in [2.05, 4.69) is 113 Å². The molecule has 0 radical (unpaired) electrons. The number of aromatic carboxylic acids is 1. The first-order valence-corrected chi connectivity index (χ1v) is 12.8. The average molecular weight is 505 g/mol. The number of aromatic nitrogens is 1. The van der Waals surface area contributed by atoms with Crippen molar-refractivity contribution in [1.82, 2.24) is 4.98 Å². The molecule has 0 fully saturated rings. The molecular weight excluding hydrogens is 468 g/mol. The smallest absolute Gasteiger partial charge is 0.337 e. The van der Waals surface area contributed by atoms with Gasteiger partial charge in [0.2, 0.25) is 0 Å². The van der Waals surface area contributed by atoms with Crippen LogP contribution in [0.15, 0.2) is 109 Å². The van der Waals surface area contributed by atoms with Crippen molar-refractivity contribution in [1.29, 1.82) is 0 Å². The molecule has 2 aromatic carbocycles. The van der Waals surface area contributed by atoms with Crippen LogP contribution < -0.4 is 4.90 Å². The molecule has 4 rings (SSSR count). The standard InChI is InChI=1S/C34H36N2O2/c1-23-12-8-9-13-27(23)33(3,4)24(2)16-17-25(29-20-18-26(22-35-29)32(37)38)19-21-31-34(5,6)28-14-10-11-15-30(28)36(31)7/h8-22H,2H2,1,3-7H3,(H,37,38)/b17-16+,25-19-,31-21+. The van der Waals surface area contributed by atoms with Gasteiger partial charge in [0.25, 0.3) is 0 Å². The Labute approximate surface area is 226 Å². The van der Waals surface area contributed by atoms with Gasteiger partial charge < -0.3 is 10.0 Å². The second-order valence-corrected chi connectivity index (χ2v) is 10.9. The van der Waals surface area contributed by atoms with Gasteiger partial charge in [0.1, 0.15) is 0 Å². The Hall–Kier alpha value is -4.18. The van der Waals surface area contributed by atoms with Crippen LogP contribution in [-0.4, -0.2) is 23.1 Å². The van der Waals surface area contributed by atoms with Gasteiger partial charge in [0.15, 0.2) is 0 Å². The molecule has 38 heavy (non-hydrogen) atoms. The van der Waals surface area contributed by atoms with Crippen LogP contribution in [0.3, 0.4) is 0 Å². The highest BCUT2D eigenvalue weighted by Crippen LogP contribution is 2.46. The minimum atomic E-state index is -0.993. The molecule has 4 heteroatoms. The molecule has 0 bridgehead atoms. The largest absolute Gasteiger partial charge is 0.478 e. The van der Waals surface area contributed by atoms with Gasteiger partial charge in [-0.15, -0.1) is 0 Å². The van der Waals surface area contributed by atoms with Crippen LogP contribution in [0.2, 0.25) is 0 Å². The number of aryl methyl sites for hydroxylation is 1. The fraction of sp³-hybridized carbons (Fsp3) is 0.235. The van der Waals surface area contributed by atoms with Crippen molar-refractivity contribution in [2.24, 2.45) is 0 Å². The number of fused-ring (bicyclic) bond motifs is 1. The summed E-state index contributed by atoms with van der Waals surface area (Å²) < 4.78 is 0. The normalized spacial score (nSPS) is 16.2. The molecule has 1 aliphatic rings. The van der Waals surface area contributed by atoms with E-state index in [0.717, 1.165) is 11.1 Å². The quantitative estimate of drug-likeness (QED) is 0.333. The van der Waals surface area contributed by atoms with Crippen LogP contribution in [0.5, 0.6) is 0 Å². The lowest BCUT2D eigenvalue weighted by atomic mass is 9.76. The zero-order valence-corrected chi connectivity index (χ0v) is 23.1. The van der Waals surface area contributed by atoms with Crippen LogP contribution in [0.1, 0.15) is 60.4 Å². The number of anilines is 1. The summed E-state index contributed by atoms with van der Waals surface area (Å²) in [5.74, 6) is -0.993. The third kappa shape index (κ3) is 4.99. The summed E-state index contributed by atoms with van der Waals surface area (Å²) in [4.78, 5) is 18.1. The zero-order chi connectivity index (χ0) is 27.7. The molecule has 4 nitrogen and oxygen atoms in total. The summed E-state index contributed by atoms with van der Waals surface area (Å²) in [6, 6.07) is 20.2. The minimum Gasteiger partial charge on any atom is -0.478 e. The van der Waals surface area contributed by atoms with E-state index in [9.17, 15) is 9.90 Å². The predicted octanol–water partition coefficient (Wildman–Crippen LogP) is 7.87. The van der Waals surface area contributed by atoms with Gasteiger partial charge in [-0.2, -0.15) is 0 Å². The molecule has 0 unspecified atom stereocenters. The molecule has 0 saturated heterocycles. The molecule has 1 aliphatic heterocycles. The Bertz CT molecular complexity index is 1470. The van der Waals surface area contributed by atoms with Gasteiger partial charge in [0.05, 0.1) is 11.3 Å². The maximum absolute atomic E-state index is 11.4. The number of rotatable bonds is 7. The second-order valence-electron chi connectivity index (χ2n) is 10.9. The van der Waals surface area contributed by atoms with E-state index >= 15 is 0 Å². The van der Waals surface area contributed by atoms with Gasteiger partial charge in [-0.3, -0.25) is 4.98 Å². The topological polar surface area (TPSA) is 53.4 Å². The minimum absolute atomic E-state index is 0.159. The number of likely N-dealkylation sites (N-methyl/N-ethyl adjacent to an activating group) is 1. The highest BCUT2D eigenvalue weighted by molar-refractivity contribution is 5.87. The van der Waals surface area contributed by atoms with Crippen molar-refractivity contribution in [3.8, 4) is 0 Å². The van der Waals surface area contributed by atoms with Gasteiger partial charge in [0, 0.05) is 41.0 Å². The molecule has 1 aromatic heterocycles. The highest BCUT2D eigenvalue weighted by Gasteiger charge is 2.37. The summed E-state index contributed by atoms with van der Waals surface area (Å²) in [6.07, 6.45) is 9.67. The lowest BCUT2D eigenvalue weighted by molar-refractivity contribution is 0.0696. The summed E-state index contributed by atoms with van der Waals surface area (Å²) in [6.45, 7) is 15.4. The highest BCUT2D eigenvalue weighted by atomic mass is 16.4. The number of carboxylic acid groups (broad SMARTS) is 1. The third-order valence-corrected chi connectivity index (χ3v) is 7.75. The predicted molar refractivity (Wildman–Crippen MR) is 158 cm³/mol. The number of carboxylic acids is 1. The number of pyridine rings is 1. The molecule has 0 aliphatic carbocycles. The Kier molecular flexibility index (Phi) is 7.28.